The molecule has 3 aromatic rings. The lowest BCUT2D eigenvalue weighted by Gasteiger charge is -2.38. The zero-order valence-electron chi connectivity index (χ0n) is 21.0. The summed E-state index contributed by atoms with van der Waals surface area (Å²) in [4.78, 5) is 0. The highest BCUT2D eigenvalue weighted by atomic mass is 28.3. The molecule has 0 amide bonds. The number of fused-ring (bicyclic) bond motifs is 1. The molecule has 0 unspecified atom stereocenters. The van der Waals surface area contributed by atoms with Crippen LogP contribution in [0, 0.1) is 17.3 Å². The average Bonchev–Trinajstić information content (AvgIpc) is 2.80. The van der Waals surface area contributed by atoms with Gasteiger partial charge in [-0.05, 0) is 39.7 Å². The minimum atomic E-state index is -1.97. The number of halogens is 1. The van der Waals surface area contributed by atoms with Crippen molar-refractivity contribution in [1.82, 2.24) is 0 Å². The van der Waals surface area contributed by atoms with Crippen LogP contribution in [0.15, 0.2) is 54.6 Å². The summed E-state index contributed by atoms with van der Waals surface area (Å²) in [5.41, 5.74) is 6.75. The molecule has 0 aliphatic rings. The first-order valence-corrected chi connectivity index (χ1v) is 14.1. The van der Waals surface area contributed by atoms with Crippen LogP contribution < -0.4 is 4.74 Å². The second kappa shape index (κ2) is 11.1. The van der Waals surface area contributed by atoms with Crippen LogP contribution in [0.25, 0.3) is 10.8 Å². The molecule has 0 atom stereocenters. The number of rotatable bonds is 8. The molecule has 34 heavy (non-hydrogen) atoms. The molecule has 0 bridgehead atoms. The lowest BCUT2D eigenvalue weighted by Crippen LogP contribution is -2.43. The molecule has 180 valence electrons. The molecule has 0 spiro atoms. The fourth-order valence-electron chi connectivity index (χ4n) is 5.04. The number of hydrogen-bond donors (Lipinski definition) is 1. The van der Waals surface area contributed by atoms with Crippen LogP contribution >= 0.6 is 0 Å². The van der Waals surface area contributed by atoms with E-state index in [0.29, 0.717) is 39.6 Å². The molecule has 0 radical (unpaired) electrons. The van der Waals surface area contributed by atoms with Crippen molar-refractivity contribution in [3.63, 3.8) is 0 Å². The summed E-state index contributed by atoms with van der Waals surface area (Å²) in [5.74, 6) is 2.07. The summed E-state index contributed by atoms with van der Waals surface area (Å²) in [7, 11) is -1.97. The smallest absolute Gasteiger partial charge is 0.207 e. The standard InChI is InChI=1S/C29H35FO3Si/c1-20(2)34(21(3)4,22(5)6)16-15-24-13-10-14-25-17-26(28(30)29(31)27(24)25)33-19-32-18-23-11-8-7-9-12-23/h7-14,17,20-22,31H,18-19H2,1-6H3. The number of phenols is 1. The van der Waals surface area contributed by atoms with Crippen LogP contribution in [0.3, 0.4) is 0 Å². The molecule has 1 N–H and O–H groups in total. The van der Waals surface area contributed by atoms with Crippen molar-refractivity contribution in [3.05, 3.63) is 71.5 Å². The number of benzene rings is 3. The van der Waals surface area contributed by atoms with Gasteiger partial charge in [-0.15, -0.1) is 5.54 Å². The fraction of sp³-hybridized carbons (Fsp3) is 0.379. The van der Waals surface area contributed by atoms with E-state index in [2.05, 4.69) is 53.0 Å². The molecule has 3 aromatic carbocycles. The van der Waals surface area contributed by atoms with E-state index in [0.717, 1.165) is 5.56 Å². The van der Waals surface area contributed by atoms with E-state index >= 15 is 4.39 Å². The number of hydrogen-bond acceptors (Lipinski definition) is 3. The molecule has 5 heteroatoms. The minimum absolute atomic E-state index is 0.0431. The van der Waals surface area contributed by atoms with E-state index in [4.69, 9.17) is 9.47 Å². The number of aromatic hydroxyl groups is 1. The Morgan fingerprint density at radius 3 is 2.18 bits per heavy atom. The summed E-state index contributed by atoms with van der Waals surface area (Å²) < 4.78 is 26.1. The maximum absolute atomic E-state index is 15.1. The Morgan fingerprint density at radius 2 is 1.56 bits per heavy atom. The van der Waals surface area contributed by atoms with Gasteiger partial charge in [0.05, 0.1) is 6.61 Å². The Kier molecular flexibility index (Phi) is 8.40. The zero-order valence-corrected chi connectivity index (χ0v) is 22.0. The Bertz CT molecular complexity index is 1150. The van der Waals surface area contributed by atoms with Gasteiger partial charge in [0.2, 0.25) is 5.82 Å². The molecule has 0 aromatic heterocycles. The molecular weight excluding hydrogens is 443 g/mol. The second-order valence-electron chi connectivity index (χ2n) is 9.68. The van der Waals surface area contributed by atoms with E-state index in [1.165, 1.54) is 0 Å². The highest BCUT2D eigenvalue weighted by Crippen LogP contribution is 2.41. The molecule has 0 aliphatic carbocycles. The van der Waals surface area contributed by atoms with Crippen LogP contribution in [-0.4, -0.2) is 20.0 Å². The number of ether oxygens (including phenoxy) is 2. The van der Waals surface area contributed by atoms with Gasteiger partial charge in [0.25, 0.3) is 0 Å². The monoisotopic (exact) mass is 478 g/mol. The maximum Gasteiger partial charge on any atom is 0.207 e. The Labute approximate surface area is 203 Å². The molecule has 0 fully saturated rings. The highest BCUT2D eigenvalue weighted by molar-refractivity contribution is 6.90. The first-order valence-electron chi connectivity index (χ1n) is 11.9. The normalized spacial score (nSPS) is 11.8. The summed E-state index contributed by atoms with van der Waals surface area (Å²) in [6.45, 7) is 13.8. The van der Waals surface area contributed by atoms with Crippen molar-refractivity contribution in [1.29, 1.82) is 0 Å². The molecule has 0 heterocycles. The van der Waals surface area contributed by atoms with E-state index in [9.17, 15) is 5.11 Å². The fourth-order valence-corrected chi connectivity index (χ4v) is 10.3. The van der Waals surface area contributed by atoms with E-state index in [1.54, 1.807) is 6.07 Å². The van der Waals surface area contributed by atoms with Crippen molar-refractivity contribution >= 4 is 18.8 Å². The van der Waals surface area contributed by atoms with Crippen molar-refractivity contribution < 1.29 is 19.0 Å². The predicted octanol–water partition coefficient (Wildman–Crippen LogP) is 7.81. The van der Waals surface area contributed by atoms with Crippen molar-refractivity contribution in [3.8, 4) is 23.0 Å². The van der Waals surface area contributed by atoms with Gasteiger partial charge < -0.3 is 14.6 Å². The summed E-state index contributed by atoms with van der Waals surface area (Å²) in [6.07, 6.45) is 0. The second-order valence-corrected chi connectivity index (χ2v) is 15.3. The Balaban J connectivity index is 1.91. The molecule has 0 saturated heterocycles. The molecule has 0 aliphatic heterocycles. The van der Waals surface area contributed by atoms with Gasteiger partial charge >= 0.3 is 0 Å². The largest absolute Gasteiger partial charge is 0.504 e. The summed E-state index contributed by atoms with van der Waals surface area (Å²) >= 11 is 0. The van der Waals surface area contributed by atoms with Crippen LogP contribution in [0.5, 0.6) is 11.5 Å². The first kappa shape index (κ1) is 25.8. The summed E-state index contributed by atoms with van der Waals surface area (Å²) in [5, 5.41) is 11.9. The van der Waals surface area contributed by atoms with Crippen molar-refractivity contribution in [2.45, 2.75) is 64.8 Å². The predicted molar refractivity (Wildman–Crippen MR) is 140 cm³/mol. The SMILES string of the molecule is CC(C)[Si](C#Cc1cccc2cc(OCOCc3ccccc3)c(F)c(O)c12)(C(C)C)C(C)C. The number of phenolic OH excluding ortho intramolecular Hbond substituents is 1. The van der Waals surface area contributed by atoms with Crippen molar-refractivity contribution in [2.24, 2.45) is 0 Å². The third-order valence-electron chi connectivity index (χ3n) is 6.73. The molecule has 3 rings (SSSR count). The van der Waals surface area contributed by atoms with Gasteiger partial charge in [-0.25, -0.2) is 0 Å². The van der Waals surface area contributed by atoms with Crippen LogP contribution in [0.2, 0.25) is 16.6 Å². The Morgan fingerprint density at radius 1 is 0.912 bits per heavy atom. The minimum Gasteiger partial charge on any atom is -0.504 e. The van der Waals surface area contributed by atoms with Crippen LogP contribution in [-0.2, 0) is 11.3 Å². The Hall–Kier alpha value is -2.81. The zero-order chi connectivity index (χ0) is 24.9. The lowest BCUT2D eigenvalue weighted by atomic mass is 10.0. The first-order chi connectivity index (χ1) is 16.2. The van der Waals surface area contributed by atoms with Crippen LogP contribution in [0.4, 0.5) is 4.39 Å². The van der Waals surface area contributed by atoms with Gasteiger partial charge in [0.15, 0.2) is 18.3 Å². The van der Waals surface area contributed by atoms with Gasteiger partial charge in [0, 0.05) is 10.9 Å². The van der Waals surface area contributed by atoms with Gasteiger partial charge in [-0.1, -0.05) is 89.9 Å². The molecule has 3 nitrogen and oxygen atoms in total. The molecular formula is C29H35FO3Si. The van der Waals surface area contributed by atoms with Gasteiger partial charge in [0.1, 0.15) is 8.07 Å². The third kappa shape index (κ3) is 5.29. The van der Waals surface area contributed by atoms with E-state index in [1.807, 2.05) is 48.5 Å². The van der Waals surface area contributed by atoms with Crippen LogP contribution in [0.1, 0.15) is 52.7 Å². The van der Waals surface area contributed by atoms with Gasteiger partial charge in [-0.2, -0.15) is 4.39 Å². The van der Waals surface area contributed by atoms with Crippen molar-refractivity contribution in [2.75, 3.05) is 6.79 Å². The highest BCUT2D eigenvalue weighted by Gasteiger charge is 2.41. The molecule has 0 saturated carbocycles. The average molecular weight is 479 g/mol. The third-order valence-corrected chi connectivity index (χ3v) is 13.0. The van der Waals surface area contributed by atoms with E-state index < -0.39 is 19.6 Å². The topological polar surface area (TPSA) is 38.7 Å². The lowest BCUT2D eigenvalue weighted by molar-refractivity contribution is 0.00293. The van der Waals surface area contributed by atoms with Gasteiger partial charge in [-0.3, -0.25) is 0 Å². The quantitative estimate of drug-likeness (QED) is 0.155. The van der Waals surface area contributed by atoms with E-state index in [-0.39, 0.29) is 12.5 Å². The maximum atomic E-state index is 15.1. The summed E-state index contributed by atoms with van der Waals surface area (Å²) in [6, 6.07) is 16.8.